The zero-order chi connectivity index (χ0) is 26.7. The number of benzene rings is 3. The largest absolute Gasteiger partial charge is 0.432 e. The van der Waals surface area contributed by atoms with E-state index in [1.165, 1.54) is 0 Å². The van der Waals surface area contributed by atoms with Gasteiger partial charge in [-0.3, -0.25) is 0 Å². The summed E-state index contributed by atoms with van der Waals surface area (Å²) in [6.07, 6.45) is -6.99. The third kappa shape index (κ3) is 6.22. The third-order valence-corrected chi connectivity index (χ3v) is 4.82. The Morgan fingerprint density at radius 3 is 1.72 bits per heavy atom. The summed E-state index contributed by atoms with van der Waals surface area (Å²) in [6.45, 7) is 3.62. The molecule has 0 N–H and O–H groups in total. The van der Waals surface area contributed by atoms with Gasteiger partial charge in [0, 0.05) is 23.3 Å². The van der Waals surface area contributed by atoms with Crippen molar-refractivity contribution in [3.8, 4) is 17.6 Å². The molecule has 0 bridgehead atoms. The predicted octanol–water partition coefficient (Wildman–Crippen LogP) is 7.91. The zero-order valence-electron chi connectivity index (χ0n) is 18.1. The summed E-state index contributed by atoms with van der Waals surface area (Å²) in [5.74, 6) is -4.43. The number of hydrogen-bond acceptors (Lipinski definition) is 1. The quantitative estimate of drug-likeness (QED) is 0.185. The summed E-state index contributed by atoms with van der Waals surface area (Å²) in [5, 5.41) is 0. The van der Waals surface area contributed by atoms with Gasteiger partial charge in [0.15, 0.2) is 0 Å². The van der Waals surface area contributed by atoms with Crippen LogP contribution < -0.4 is 4.74 Å². The molecule has 0 spiro atoms. The number of alkyl halides is 5. The minimum absolute atomic E-state index is 0.169. The van der Waals surface area contributed by atoms with E-state index < -0.39 is 52.4 Å². The highest BCUT2D eigenvalue weighted by atomic mass is 19.4. The minimum atomic E-state index is -5.45. The first-order valence-corrected chi connectivity index (χ1v) is 10.2. The summed E-state index contributed by atoms with van der Waals surface area (Å²) in [7, 11) is 0. The lowest BCUT2D eigenvalue weighted by Crippen LogP contribution is -2.25. The van der Waals surface area contributed by atoms with E-state index >= 15 is 0 Å². The van der Waals surface area contributed by atoms with Crippen LogP contribution in [0.15, 0.2) is 61.2 Å². The topological polar surface area (TPSA) is 9.23 Å². The van der Waals surface area contributed by atoms with Crippen LogP contribution in [-0.4, -0.2) is 0 Å². The molecular weight excluding hydrogens is 499 g/mol. The maximum atomic E-state index is 14.5. The van der Waals surface area contributed by atoms with Gasteiger partial charge >= 0.3 is 12.3 Å². The van der Waals surface area contributed by atoms with E-state index in [9.17, 15) is 39.5 Å². The fraction of sp³-hybridized carbons (Fsp3) is 0.154. The normalized spacial score (nSPS) is 11.6. The van der Waals surface area contributed by atoms with Gasteiger partial charge in [-0.05, 0) is 42.7 Å². The number of halogens is 9. The standard InChI is InChI=1S/C26H15F9O/c1-2-3-4-15-5-7-16(8-6-15)9-10-17-11-19(27)24(20(28)12-17)26(34,35)36-18-13-21(29)23(22(30)14-18)25(31,32)33/h2,5-8,11-14H,1,3-4H2. The number of rotatable bonds is 6. The van der Waals surface area contributed by atoms with Crippen LogP contribution in [0.1, 0.15) is 34.2 Å². The Labute approximate surface area is 199 Å². The molecule has 1 nitrogen and oxygen atoms in total. The van der Waals surface area contributed by atoms with Gasteiger partial charge in [-0.1, -0.05) is 30.0 Å². The molecular formula is C26H15F9O. The van der Waals surface area contributed by atoms with Gasteiger partial charge in [0.25, 0.3) is 0 Å². The van der Waals surface area contributed by atoms with Crippen LogP contribution in [0.25, 0.3) is 0 Å². The van der Waals surface area contributed by atoms with Crippen LogP contribution >= 0.6 is 0 Å². The second-order valence-corrected chi connectivity index (χ2v) is 7.47. The summed E-state index contributed by atoms with van der Waals surface area (Å²) in [6, 6.07) is 7.57. The van der Waals surface area contributed by atoms with E-state index in [1.807, 2.05) is 0 Å². The van der Waals surface area contributed by atoms with Gasteiger partial charge in [0.05, 0.1) is 0 Å². The van der Waals surface area contributed by atoms with Crippen molar-refractivity contribution in [2.45, 2.75) is 25.1 Å². The lowest BCUT2D eigenvalue weighted by Gasteiger charge is -2.20. The monoisotopic (exact) mass is 514 g/mol. The molecule has 0 radical (unpaired) electrons. The molecule has 0 heterocycles. The number of aryl methyl sites for hydroxylation is 1. The number of allylic oxidation sites excluding steroid dienone is 1. The van der Waals surface area contributed by atoms with E-state index in [-0.39, 0.29) is 17.7 Å². The fourth-order valence-corrected chi connectivity index (χ4v) is 3.17. The van der Waals surface area contributed by atoms with Crippen LogP contribution in [0.3, 0.4) is 0 Å². The van der Waals surface area contributed by atoms with Crippen molar-refractivity contribution in [1.82, 2.24) is 0 Å². The van der Waals surface area contributed by atoms with Crippen molar-refractivity contribution >= 4 is 0 Å². The minimum Gasteiger partial charge on any atom is -0.429 e. The number of ether oxygens (including phenoxy) is 1. The molecule has 10 heteroatoms. The molecule has 0 fully saturated rings. The van der Waals surface area contributed by atoms with Crippen LogP contribution in [0, 0.1) is 35.1 Å². The van der Waals surface area contributed by atoms with Gasteiger partial charge in [-0.2, -0.15) is 22.0 Å². The lowest BCUT2D eigenvalue weighted by atomic mass is 10.1. The van der Waals surface area contributed by atoms with Crippen LogP contribution in [0.4, 0.5) is 39.5 Å². The fourth-order valence-electron chi connectivity index (χ4n) is 3.17. The average molecular weight is 514 g/mol. The molecule has 3 rings (SSSR count). The summed E-state index contributed by atoms with van der Waals surface area (Å²) in [4.78, 5) is 0. The highest BCUT2D eigenvalue weighted by Gasteiger charge is 2.43. The first-order valence-electron chi connectivity index (χ1n) is 10.2. The molecule has 0 amide bonds. The Bertz CT molecular complexity index is 1280. The Hall–Kier alpha value is -3.87. The van der Waals surface area contributed by atoms with Gasteiger partial charge in [-0.15, -0.1) is 6.58 Å². The maximum Gasteiger partial charge on any atom is 0.432 e. The molecule has 0 saturated carbocycles. The molecule has 0 saturated heterocycles. The Balaban J connectivity index is 1.85. The molecule has 36 heavy (non-hydrogen) atoms. The van der Waals surface area contributed by atoms with E-state index in [2.05, 4.69) is 23.2 Å². The van der Waals surface area contributed by atoms with E-state index in [1.54, 1.807) is 30.3 Å². The van der Waals surface area contributed by atoms with Crippen LogP contribution in [0.2, 0.25) is 0 Å². The van der Waals surface area contributed by atoms with Crippen LogP contribution in [0.5, 0.6) is 5.75 Å². The predicted molar refractivity (Wildman–Crippen MR) is 113 cm³/mol. The molecule has 3 aromatic rings. The highest BCUT2D eigenvalue weighted by Crippen LogP contribution is 2.39. The summed E-state index contributed by atoms with van der Waals surface area (Å²) >= 11 is 0. The van der Waals surface area contributed by atoms with E-state index in [0.717, 1.165) is 18.4 Å². The molecule has 188 valence electrons. The third-order valence-electron chi connectivity index (χ3n) is 4.82. The average Bonchev–Trinajstić information content (AvgIpc) is 2.74. The van der Waals surface area contributed by atoms with Gasteiger partial charge in [0.1, 0.15) is 40.1 Å². The molecule has 0 unspecified atom stereocenters. The molecule has 0 aliphatic carbocycles. The SMILES string of the molecule is C=CCCc1ccc(C#Cc2cc(F)c(C(F)(F)Oc3cc(F)c(C(F)(F)F)c(F)c3)c(F)c2)cc1. The second-order valence-electron chi connectivity index (χ2n) is 7.47. The first kappa shape index (κ1) is 26.7. The van der Waals surface area contributed by atoms with Crippen molar-refractivity contribution in [1.29, 1.82) is 0 Å². The molecule has 0 aromatic heterocycles. The van der Waals surface area contributed by atoms with Gasteiger partial charge in [-0.25, -0.2) is 17.6 Å². The summed E-state index contributed by atoms with van der Waals surface area (Å²) in [5.41, 5.74) is -3.05. The van der Waals surface area contributed by atoms with Gasteiger partial charge < -0.3 is 4.74 Å². The van der Waals surface area contributed by atoms with Crippen molar-refractivity contribution in [2.24, 2.45) is 0 Å². The maximum absolute atomic E-state index is 14.5. The molecule has 0 aliphatic heterocycles. The lowest BCUT2D eigenvalue weighted by molar-refractivity contribution is -0.189. The van der Waals surface area contributed by atoms with Crippen LogP contribution in [-0.2, 0) is 18.7 Å². The van der Waals surface area contributed by atoms with Gasteiger partial charge in [0.2, 0.25) is 0 Å². The van der Waals surface area contributed by atoms with E-state index in [0.29, 0.717) is 17.7 Å². The summed E-state index contributed by atoms with van der Waals surface area (Å²) < 4.78 is 127. The second kappa shape index (κ2) is 10.4. The molecule has 0 atom stereocenters. The Morgan fingerprint density at radius 1 is 0.722 bits per heavy atom. The van der Waals surface area contributed by atoms with Crippen molar-refractivity contribution < 1.29 is 44.3 Å². The van der Waals surface area contributed by atoms with Crippen molar-refractivity contribution in [3.63, 3.8) is 0 Å². The Morgan fingerprint density at radius 2 is 1.22 bits per heavy atom. The van der Waals surface area contributed by atoms with Crippen molar-refractivity contribution in [3.05, 3.63) is 112 Å². The van der Waals surface area contributed by atoms with Crippen molar-refractivity contribution in [2.75, 3.05) is 0 Å². The smallest absolute Gasteiger partial charge is 0.429 e. The first-order chi connectivity index (χ1) is 16.8. The number of hydrogen-bond donors (Lipinski definition) is 0. The highest BCUT2D eigenvalue weighted by molar-refractivity contribution is 5.45. The zero-order valence-corrected chi connectivity index (χ0v) is 18.1. The molecule has 3 aromatic carbocycles. The Kier molecular flexibility index (Phi) is 7.72. The van der Waals surface area contributed by atoms with E-state index in [4.69, 9.17) is 0 Å². The molecule has 0 aliphatic rings.